The minimum atomic E-state index is 0.164. The number of fused-ring (bicyclic) bond motifs is 1. The number of imidazole rings is 1. The number of hydrogen-bond donors (Lipinski definition) is 1. The van der Waals surface area contributed by atoms with Gasteiger partial charge in [-0.2, -0.15) is 0 Å². The Balaban J connectivity index is 1.71. The molecule has 31 heavy (non-hydrogen) atoms. The molecular weight excluding hydrogens is 386 g/mol. The van der Waals surface area contributed by atoms with Crippen LogP contribution in [0, 0.1) is 5.41 Å². The monoisotopic (exact) mass is 421 g/mol. The van der Waals surface area contributed by atoms with Crippen molar-refractivity contribution >= 4 is 22.7 Å². The van der Waals surface area contributed by atoms with Gasteiger partial charge in [0.15, 0.2) is 0 Å². The van der Waals surface area contributed by atoms with Gasteiger partial charge in [0.05, 0.1) is 23.7 Å². The quantitative estimate of drug-likeness (QED) is 0.442. The van der Waals surface area contributed by atoms with Crippen molar-refractivity contribution in [2.45, 2.75) is 72.4 Å². The predicted octanol–water partition coefficient (Wildman–Crippen LogP) is 7.11. The van der Waals surface area contributed by atoms with Crippen LogP contribution in [0.3, 0.4) is 0 Å². The summed E-state index contributed by atoms with van der Waals surface area (Å²) >= 11 is 0. The molecule has 1 unspecified atom stereocenters. The Morgan fingerprint density at radius 1 is 1.13 bits per heavy atom. The number of anilines is 2. The molecular formula is C26H35N3O2. The predicted molar refractivity (Wildman–Crippen MR) is 128 cm³/mol. The molecule has 166 valence electrons. The lowest BCUT2D eigenvalue weighted by Crippen LogP contribution is -2.25. The van der Waals surface area contributed by atoms with Crippen molar-refractivity contribution in [3.8, 4) is 11.5 Å². The molecule has 1 N–H and O–H groups in total. The van der Waals surface area contributed by atoms with Crippen molar-refractivity contribution < 1.29 is 9.47 Å². The fraction of sp³-hybridized carbons (Fsp3) is 0.500. The molecule has 2 aromatic carbocycles. The number of nitrogens with zero attached hydrogens (tertiary/aromatic N) is 2. The molecule has 0 bridgehead atoms. The molecule has 4 rings (SSSR count). The highest BCUT2D eigenvalue weighted by Gasteiger charge is 2.31. The Kier molecular flexibility index (Phi) is 6.12. The van der Waals surface area contributed by atoms with Crippen LogP contribution in [0.4, 0.5) is 11.6 Å². The van der Waals surface area contributed by atoms with E-state index in [0.717, 1.165) is 40.6 Å². The van der Waals surface area contributed by atoms with E-state index in [1.54, 1.807) is 0 Å². The van der Waals surface area contributed by atoms with Gasteiger partial charge in [0.1, 0.15) is 11.5 Å². The molecule has 0 saturated heterocycles. The Bertz CT molecular complexity index is 1020. The second-order valence-corrected chi connectivity index (χ2v) is 9.62. The van der Waals surface area contributed by atoms with Crippen molar-refractivity contribution in [2.24, 2.45) is 5.41 Å². The third-order valence-corrected chi connectivity index (χ3v) is 6.00. The normalized spacial score (nSPS) is 18.3. The van der Waals surface area contributed by atoms with Gasteiger partial charge in [-0.3, -0.25) is 0 Å². The number of ether oxygens (including phenoxy) is 2. The maximum Gasteiger partial charge on any atom is 0.208 e. The summed E-state index contributed by atoms with van der Waals surface area (Å²) in [5.74, 6) is 2.67. The van der Waals surface area contributed by atoms with Crippen LogP contribution in [0.1, 0.15) is 66.3 Å². The van der Waals surface area contributed by atoms with E-state index in [9.17, 15) is 0 Å². The molecule has 0 radical (unpaired) electrons. The molecule has 1 aliphatic rings. The Morgan fingerprint density at radius 3 is 2.55 bits per heavy atom. The fourth-order valence-corrected chi connectivity index (χ4v) is 4.68. The lowest BCUT2D eigenvalue weighted by molar-refractivity contribution is 0.187. The third kappa shape index (κ3) is 4.97. The number of benzene rings is 2. The number of rotatable bonds is 7. The van der Waals surface area contributed by atoms with E-state index in [0.29, 0.717) is 18.1 Å². The SMILES string of the molecule is CCOc1ccc2nc(Nc3ccc(OC(C)C)cc3)n(C3CCCC(C)(C)C3)c2c1. The molecule has 1 fully saturated rings. The van der Waals surface area contributed by atoms with E-state index in [-0.39, 0.29) is 6.10 Å². The van der Waals surface area contributed by atoms with Crippen molar-refractivity contribution in [1.82, 2.24) is 9.55 Å². The Labute approximate surface area is 185 Å². The lowest BCUT2D eigenvalue weighted by Gasteiger charge is -2.36. The summed E-state index contributed by atoms with van der Waals surface area (Å²) in [5, 5.41) is 3.57. The summed E-state index contributed by atoms with van der Waals surface area (Å²) in [7, 11) is 0. The number of aromatic nitrogens is 2. The van der Waals surface area contributed by atoms with E-state index in [2.05, 4.69) is 48.0 Å². The zero-order valence-corrected chi connectivity index (χ0v) is 19.4. The first-order chi connectivity index (χ1) is 14.8. The fourth-order valence-electron chi connectivity index (χ4n) is 4.68. The van der Waals surface area contributed by atoms with Gasteiger partial charge in [0, 0.05) is 17.8 Å². The molecule has 1 heterocycles. The molecule has 0 spiro atoms. The van der Waals surface area contributed by atoms with Crippen molar-refractivity contribution in [2.75, 3.05) is 11.9 Å². The van der Waals surface area contributed by atoms with Crippen LogP contribution in [0.5, 0.6) is 11.5 Å². The smallest absolute Gasteiger partial charge is 0.208 e. The standard InChI is InChI=1S/C26H35N3O2/c1-6-30-22-13-14-23-24(16-22)29(20-8-7-15-26(4,5)17-20)25(28-23)27-19-9-11-21(12-10-19)31-18(2)3/h9-14,16,18,20H,6-8,15,17H2,1-5H3,(H,27,28). The highest BCUT2D eigenvalue weighted by atomic mass is 16.5. The third-order valence-electron chi connectivity index (χ3n) is 6.00. The first kappa shape index (κ1) is 21.5. The van der Waals surface area contributed by atoms with Gasteiger partial charge in [0.25, 0.3) is 0 Å². The van der Waals surface area contributed by atoms with Crippen LogP contribution < -0.4 is 14.8 Å². The molecule has 1 aromatic heterocycles. The maximum absolute atomic E-state index is 5.79. The largest absolute Gasteiger partial charge is 0.494 e. The van der Waals surface area contributed by atoms with Crippen LogP contribution in [-0.2, 0) is 0 Å². The van der Waals surface area contributed by atoms with Gasteiger partial charge in [0.2, 0.25) is 5.95 Å². The molecule has 5 nitrogen and oxygen atoms in total. The summed E-state index contributed by atoms with van der Waals surface area (Å²) in [6.07, 6.45) is 5.00. The van der Waals surface area contributed by atoms with Crippen LogP contribution in [-0.4, -0.2) is 22.3 Å². The maximum atomic E-state index is 5.79. The van der Waals surface area contributed by atoms with Crippen LogP contribution in [0.2, 0.25) is 0 Å². The molecule has 0 amide bonds. The Morgan fingerprint density at radius 2 is 1.87 bits per heavy atom. The summed E-state index contributed by atoms with van der Waals surface area (Å²) in [6.45, 7) is 11.5. The van der Waals surface area contributed by atoms with Crippen LogP contribution in [0.15, 0.2) is 42.5 Å². The summed E-state index contributed by atoms with van der Waals surface area (Å²) in [6, 6.07) is 14.7. The minimum absolute atomic E-state index is 0.164. The highest BCUT2D eigenvalue weighted by Crippen LogP contribution is 2.44. The zero-order valence-electron chi connectivity index (χ0n) is 19.4. The second kappa shape index (κ2) is 8.81. The van der Waals surface area contributed by atoms with Crippen molar-refractivity contribution in [3.05, 3.63) is 42.5 Å². The highest BCUT2D eigenvalue weighted by molar-refractivity contribution is 5.81. The summed E-state index contributed by atoms with van der Waals surface area (Å²) in [5.41, 5.74) is 3.47. The van der Waals surface area contributed by atoms with E-state index in [1.165, 1.54) is 19.3 Å². The zero-order chi connectivity index (χ0) is 22.0. The van der Waals surface area contributed by atoms with Gasteiger partial charge < -0.3 is 19.4 Å². The molecule has 1 aliphatic carbocycles. The van der Waals surface area contributed by atoms with E-state index >= 15 is 0 Å². The summed E-state index contributed by atoms with van der Waals surface area (Å²) in [4.78, 5) is 4.97. The first-order valence-corrected chi connectivity index (χ1v) is 11.5. The molecule has 5 heteroatoms. The van der Waals surface area contributed by atoms with Gasteiger partial charge in [-0.25, -0.2) is 4.98 Å². The van der Waals surface area contributed by atoms with Gasteiger partial charge in [-0.05, 0) is 81.8 Å². The van der Waals surface area contributed by atoms with Crippen LogP contribution >= 0.6 is 0 Å². The second-order valence-electron chi connectivity index (χ2n) is 9.62. The molecule has 1 saturated carbocycles. The summed E-state index contributed by atoms with van der Waals surface area (Å²) < 4.78 is 14.0. The first-order valence-electron chi connectivity index (χ1n) is 11.5. The number of nitrogens with one attached hydrogen (secondary N) is 1. The lowest BCUT2D eigenvalue weighted by atomic mass is 9.75. The van der Waals surface area contributed by atoms with Crippen LogP contribution in [0.25, 0.3) is 11.0 Å². The van der Waals surface area contributed by atoms with E-state index < -0.39 is 0 Å². The topological polar surface area (TPSA) is 48.3 Å². The van der Waals surface area contributed by atoms with E-state index in [1.807, 2.05) is 39.0 Å². The molecule has 1 atom stereocenters. The molecule has 0 aliphatic heterocycles. The van der Waals surface area contributed by atoms with Gasteiger partial charge in [-0.1, -0.05) is 20.3 Å². The Hall–Kier alpha value is -2.69. The van der Waals surface area contributed by atoms with Gasteiger partial charge >= 0.3 is 0 Å². The average Bonchev–Trinajstić information content (AvgIpc) is 3.06. The minimum Gasteiger partial charge on any atom is -0.494 e. The van der Waals surface area contributed by atoms with Crippen molar-refractivity contribution in [3.63, 3.8) is 0 Å². The van der Waals surface area contributed by atoms with E-state index in [4.69, 9.17) is 14.5 Å². The molecule has 3 aromatic rings. The average molecular weight is 422 g/mol. The van der Waals surface area contributed by atoms with Gasteiger partial charge in [-0.15, -0.1) is 0 Å². The number of hydrogen-bond acceptors (Lipinski definition) is 4. The van der Waals surface area contributed by atoms with Crippen molar-refractivity contribution in [1.29, 1.82) is 0 Å².